The van der Waals surface area contributed by atoms with Crippen molar-refractivity contribution in [3.05, 3.63) is 0 Å². The summed E-state index contributed by atoms with van der Waals surface area (Å²) in [6, 6.07) is 0. The first kappa shape index (κ1) is 18.4. The van der Waals surface area contributed by atoms with Crippen molar-refractivity contribution in [3.8, 4) is 0 Å². The highest BCUT2D eigenvalue weighted by molar-refractivity contribution is 5.82. The molecule has 0 heterocycles. The molecule has 0 unspecified atom stereocenters. The van der Waals surface area contributed by atoms with Gasteiger partial charge in [-0.3, -0.25) is 14.4 Å². The van der Waals surface area contributed by atoms with E-state index in [1.165, 1.54) is 0 Å². The van der Waals surface area contributed by atoms with Gasteiger partial charge in [0.05, 0.1) is 0 Å². The molecule has 0 aromatic carbocycles. The van der Waals surface area contributed by atoms with Gasteiger partial charge >= 0.3 is 5.97 Å². The first-order valence-corrected chi connectivity index (χ1v) is 6.75. The molecule has 6 heteroatoms. The Bertz CT molecular complexity index is 370. The molecule has 0 saturated carbocycles. The van der Waals surface area contributed by atoms with Gasteiger partial charge in [0.1, 0.15) is 0 Å². The number of aliphatic carboxylic acids is 1. The van der Waals surface area contributed by atoms with Gasteiger partial charge in [-0.05, 0) is 20.3 Å². The van der Waals surface area contributed by atoms with E-state index >= 15 is 0 Å². The molecule has 0 aliphatic rings. The summed E-state index contributed by atoms with van der Waals surface area (Å²) in [4.78, 5) is 33.8. The van der Waals surface area contributed by atoms with Crippen LogP contribution in [-0.4, -0.2) is 35.0 Å². The molecule has 0 aromatic rings. The SMILES string of the molecule is CC(C)(CCC(=O)O)NC(=O)CCNC(=O)C(C)(C)C. The second-order valence-electron chi connectivity index (χ2n) is 6.58. The smallest absolute Gasteiger partial charge is 0.303 e. The van der Waals surface area contributed by atoms with Crippen LogP contribution < -0.4 is 10.6 Å². The van der Waals surface area contributed by atoms with E-state index in [4.69, 9.17) is 5.11 Å². The first-order valence-electron chi connectivity index (χ1n) is 6.75. The second-order valence-corrected chi connectivity index (χ2v) is 6.58. The highest BCUT2D eigenvalue weighted by Gasteiger charge is 2.23. The molecule has 0 radical (unpaired) electrons. The Balaban J connectivity index is 4.05. The zero-order valence-corrected chi connectivity index (χ0v) is 13.0. The molecule has 0 bridgehead atoms. The molecular formula is C14H26N2O4. The quantitative estimate of drug-likeness (QED) is 0.657. The molecule has 6 nitrogen and oxygen atoms in total. The minimum Gasteiger partial charge on any atom is -0.481 e. The molecule has 0 saturated heterocycles. The minimum absolute atomic E-state index is 0.00798. The summed E-state index contributed by atoms with van der Waals surface area (Å²) in [6.07, 6.45) is 0.550. The number of hydrogen-bond donors (Lipinski definition) is 3. The molecule has 20 heavy (non-hydrogen) atoms. The topological polar surface area (TPSA) is 95.5 Å². The fourth-order valence-corrected chi connectivity index (χ4v) is 1.48. The van der Waals surface area contributed by atoms with E-state index in [2.05, 4.69) is 10.6 Å². The number of rotatable bonds is 7. The van der Waals surface area contributed by atoms with E-state index < -0.39 is 16.9 Å². The van der Waals surface area contributed by atoms with Crippen LogP contribution in [0.25, 0.3) is 0 Å². The number of carbonyl (C=O) groups is 3. The van der Waals surface area contributed by atoms with E-state index in [0.717, 1.165) is 0 Å². The van der Waals surface area contributed by atoms with Gasteiger partial charge in [0.15, 0.2) is 0 Å². The average molecular weight is 286 g/mol. The highest BCUT2D eigenvalue weighted by Crippen LogP contribution is 2.13. The normalized spacial score (nSPS) is 11.8. The summed E-state index contributed by atoms with van der Waals surface area (Å²) in [5.74, 6) is -1.19. The Morgan fingerprint density at radius 1 is 1.00 bits per heavy atom. The zero-order chi connectivity index (χ0) is 16.0. The minimum atomic E-state index is -0.884. The molecular weight excluding hydrogens is 260 g/mol. The second kappa shape index (κ2) is 7.26. The van der Waals surface area contributed by atoms with Crippen molar-refractivity contribution in [2.45, 2.75) is 59.4 Å². The van der Waals surface area contributed by atoms with Crippen LogP contribution in [0.2, 0.25) is 0 Å². The maximum absolute atomic E-state index is 11.7. The van der Waals surface area contributed by atoms with Crippen LogP contribution in [0.5, 0.6) is 0 Å². The lowest BCUT2D eigenvalue weighted by molar-refractivity contribution is -0.138. The molecule has 2 amide bonds. The highest BCUT2D eigenvalue weighted by atomic mass is 16.4. The van der Waals surface area contributed by atoms with Gasteiger partial charge < -0.3 is 15.7 Å². The molecule has 116 valence electrons. The Morgan fingerprint density at radius 3 is 2.00 bits per heavy atom. The fraction of sp³-hybridized carbons (Fsp3) is 0.786. The summed E-state index contributed by atoms with van der Waals surface area (Å²) < 4.78 is 0. The lowest BCUT2D eigenvalue weighted by Crippen LogP contribution is -2.45. The predicted molar refractivity (Wildman–Crippen MR) is 76.2 cm³/mol. The van der Waals surface area contributed by atoms with Crippen LogP contribution in [0.1, 0.15) is 53.9 Å². The summed E-state index contributed by atoms with van der Waals surface area (Å²) in [6.45, 7) is 9.24. The van der Waals surface area contributed by atoms with Crippen LogP contribution in [0.15, 0.2) is 0 Å². The molecule has 0 atom stereocenters. The van der Waals surface area contributed by atoms with Gasteiger partial charge in [-0.25, -0.2) is 0 Å². The molecule has 0 fully saturated rings. The van der Waals surface area contributed by atoms with Crippen molar-refractivity contribution in [2.24, 2.45) is 5.41 Å². The standard InChI is InChI=1S/C14H26N2O4/c1-13(2,3)12(20)15-9-7-10(17)16-14(4,5)8-6-11(18)19/h6-9H2,1-5H3,(H,15,20)(H,16,17)(H,18,19). The monoisotopic (exact) mass is 286 g/mol. The summed E-state index contributed by atoms with van der Waals surface area (Å²) in [5, 5.41) is 14.1. The van der Waals surface area contributed by atoms with E-state index in [-0.39, 0.29) is 31.2 Å². The van der Waals surface area contributed by atoms with Crippen LogP contribution >= 0.6 is 0 Å². The van der Waals surface area contributed by atoms with Gasteiger partial charge in [-0.1, -0.05) is 20.8 Å². The molecule has 0 aliphatic carbocycles. The van der Waals surface area contributed by atoms with Crippen LogP contribution in [-0.2, 0) is 14.4 Å². The number of carboxylic acids is 1. The van der Waals surface area contributed by atoms with Crippen molar-refractivity contribution < 1.29 is 19.5 Å². The van der Waals surface area contributed by atoms with Gasteiger partial charge in [0.2, 0.25) is 11.8 Å². The third-order valence-electron chi connectivity index (χ3n) is 2.76. The number of amides is 2. The Labute approximate surface area is 120 Å². The van der Waals surface area contributed by atoms with Crippen molar-refractivity contribution in [2.75, 3.05) is 6.54 Å². The largest absolute Gasteiger partial charge is 0.481 e. The van der Waals surface area contributed by atoms with Crippen LogP contribution in [0.4, 0.5) is 0 Å². The Hall–Kier alpha value is -1.59. The lowest BCUT2D eigenvalue weighted by Gasteiger charge is -2.26. The number of hydrogen-bond acceptors (Lipinski definition) is 3. The maximum atomic E-state index is 11.7. The van der Waals surface area contributed by atoms with E-state index in [9.17, 15) is 14.4 Å². The van der Waals surface area contributed by atoms with E-state index in [0.29, 0.717) is 6.42 Å². The third-order valence-corrected chi connectivity index (χ3v) is 2.76. The number of carbonyl (C=O) groups excluding carboxylic acids is 2. The van der Waals surface area contributed by atoms with E-state index in [1.807, 2.05) is 0 Å². The zero-order valence-electron chi connectivity index (χ0n) is 13.0. The van der Waals surface area contributed by atoms with Gasteiger partial charge in [-0.15, -0.1) is 0 Å². The van der Waals surface area contributed by atoms with Crippen LogP contribution in [0.3, 0.4) is 0 Å². The lowest BCUT2D eigenvalue weighted by atomic mass is 9.95. The summed E-state index contributed by atoms with van der Waals surface area (Å²) >= 11 is 0. The Morgan fingerprint density at radius 2 is 1.55 bits per heavy atom. The molecule has 0 rings (SSSR count). The maximum Gasteiger partial charge on any atom is 0.303 e. The average Bonchev–Trinajstić information content (AvgIpc) is 2.24. The van der Waals surface area contributed by atoms with Crippen molar-refractivity contribution >= 4 is 17.8 Å². The molecule has 0 aromatic heterocycles. The molecule has 0 spiro atoms. The van der Waals surface area contributed by atoms with Gasteiger partial charge in [0.25, 0.3) is 0 Å². The molecule has 0 aliphatic heterocycles. The number of carboxylic acid groups (broad SMARTS) is 1. The first-order chi connectivity index (χ1) is 8.94. The van der Waals surface area contributed by atoms with Crippen LogP contribution in [0, 0.1) is 5.41 Å². The Kier molecular flexibility index (Phi) is 6.68. The third kappa shape index (κ3) is 8.50. The van der Waals surface area contributed by atoms with Crippen molar-refractivity contribution in [3.63, 3.8) is 0 Å². The van der Waals surface area contributed by atoms with Gasteiger partial charge in [0, 0.05) is 30.3 Å². The predicted octanol–water partition coefficient (Wildman–Crippen LogP) is 1.30. The van der Waals surface area contributed by atoms with Crippen molar-refractivity contribution in [1.82, 2.24) is 10.6 Å². The van der Waals surface area contributed by atoms with Gasteiger partial charge in [-0.2, -0.15) is 0 Å². The fourth-order valence-electron chi connectivity index (χ4n) is 1.48. The summed E-state index contributed by atoms with van der Waals surface area (Å²) in [5.41, 5.74) is -1.04. The summed E-state index contributed by atoms with van der Waals surface area (Å²) in [7, 11) is 0. The molecule has 3 N–H and O–H groups in total. The van der Waals surface area contributed by atoms with Crippen molar-refractivity contribution in [1.29, 1.82) is 0 Å². The number of nitrogens with one attached hydrogen (secondary N) is 2. The van der Waals surface area contributed by atoms with E-state index in [1.54, 1.807) is 34.6 Å².